The van der Waals surface area contributed by atoms with Crippen molar-refractivity contribution in [2.24, 2.45) is 5.92 Å². The number of hydrogen-bond acceptors (Lipinski definition) is 6. The van der Waals surface area contributed by atoms with Gasteiger partial charge in [-0.2, -0.15) is 5.26 Å². The number of nitrogens with zero attached hydrogens (tertiary/aromatic N) is 2. The maximum atomic E-state index is 11.8. The van der Waals surface area contributed by atoms with Gasteiger partial charge in [-0.25, -0.2) is 9.78 Å². The van der Waals surface area contributed by atoms with Crippen molar-refractivity contribution < 1.29 is 19.1 Å². The van der Waals surface area contributed by atoms with Crippen LogP contribution in [0.5, 0.6) is 0 Å². The zero-order valence-electron chi connectivity index (χ0n) is 10.6. The third kappa shape index (κ3) is 4.14. The minimum Gasteiger partial charge on any atom is -0.460 e. The van der Waals surface area contributed by atoms with Crippen LogP contribution in [-0.4, -0.2) is 29.1 Å². The van der Waals surface area contributed by atoms with E-state index in [-0.39, 0.29) is 18.2 Å². The van der Waals surface area contributed by atoms with Crippen LogP contribution < -0.4 is 0 Å². The summed E-state index contributed by atoms with van der Waals surface area (Å²) in [6, 6.07) is 4.41. The molecule has 1 aromatic rings. The molecule has 0 amide bonds. The summed E-state index contributed by atoms with van der Waals surface area (Å²) in [7, 11) is 0. The SMILES string of the molecule is CCOC(=O)C(=O)[C@H](Cc1ccc(Cl)nc1)C(=O)C#N. The number of halogens is 1. The monoisotopic (exact) mass is 294 g/mol. The Morgan fingerprint density at radius 3 is 2.65 bits per heavy atom. The molecule has 0 saturated heterocycles. The maximum Gasteiger partial charge on any atom is 0.375 e. The second-order valence-electron chi connectivity index (χ2n) is 3.81. The smallest absolute Gasteiger partial charge is 0.375 e. The number of ketones is 2. The number of esters is 1. The van der Waals surface area contributed by atoms with Gasteiger partial charge in [0.05, 0.1) is 6.61 Å². The number of carbonyl (C=O) groups is 3. The number of carbonyl (C=O) groups excluding carboxylic acids is 3. The fourth-order valence-electron chi connectivity index (χ4n) is 1.49. The second kappa shape index (κ2) is 7.36. The van der Waals surface area contributed by atoms with Gasteiger partial charge in [-0.1, -0.05) is 17.7 Å². The van der Waals surface area contributed by atoms with Gasteiger partial charge in [0.15, 0.2) is 0 Å². The van der Waals surface area contributed by atoms with E-state index >= 15 is 0 Å². The Morgan fingerprint density at radius 1 is 1.45 bits per heavy atom. The van der Waals surface area contributed by atoms with E-state index in [1.807, 2.05) is 0 Å². The molecule has 7 heteroatoms. The van der Waals surface area contributed by atoms with Crippen molar-refractivity contribution in [2.75, 3.05) is 6.61 Å². The standard InChI is InChI=1S/C13H11ClN2O4/c1-2-20-13(19)12(18)9(10(17)6-15)5-8-3-4-11(14)16-7-8/h3-4,7,9H,2,5H2,1H3/t9-/m1/s1. The second-order valence-corrected chi connectivity index (χ2v) is 4.19. The van der Waals surface area contributed by atoms with Crippen molar-refractivity contribution in [3.8, 4) is 6.07 Å². The minimum atomic E-state index is -1.39. The zero-order chi connectivity index (χ0) is 15.1. The highest BCUT2D eigenvalue weighted by Crippen LogP contribution is 2.13. The highest BCUT2D eigenvalue weighted by atomic mass is 35.5. The molecule has 104 valence electrons. The molecular formula is C13H11ClN2O4. The average Bonchev–Trinajstić information content (AvgIpc) is 2.45. The van der Waals surface area contributed by atoms with E-state index in [2.05, 4.69) is 9.72 Å². The van der Waals surface area contributed by atoms with Gasteiger partial charge in [0, 0.05) is 6.20 Å². The van der Waals surface area contributed by atoms with E-state index < -0.39 is 23.5 Å². The molecule has 0 bridgehead atoms. The molecule has 20 heavy (non-hydrogen) atoms. The van der Waals surface area contributed by atoms with Crippen LogP contribution in [0, 0.1) is 17.2 Å². The molecule has 0 N–H and O–H groups in total. The average molecular weight is 295 g/mol. The fraction of sp³-hybridized carbons (Fsp3) is 0.308. The van der Waals surface area contributed by atoms with Crippen LogP contribution in [0.4, 0.5) is 0 Å². The van der Waals surface area contributed by atoms with Crippen molar-refractivity contribution >= 4 is 29.1 Å². The first-order chi connectivity index (χ1) is 9.49. The molecule has 0 aliphatic carbocycles. The Labute approximate surface area is 120 Å². The van der Waals surface area contributed by atoms with Gasteiger partial charge in [-0.3, -0.25) is 9.59 Å². The lowest BCUT2D eigenvalue weighted by Crippen LogP contribution is -2.32. The van der Waals surface area contributed by atoms with Crippen LogP contribution in [0.2, 0.25) is 5.15 Å². The first-order valence-corrected chi connectivity index (χ1v) is 6.12. The van der Waals surface area contributed by atoms with Crippen LogP contribution in [-0.2, 0) is 25.5 Å². The molecule has 1 rings (SSSR count). The number of nitriles is 1. The van der Waals surface area contributed by atoms with Gasteiger partial charge < -0.3 is 4.74 Å². The van der Waals surface area contributed by atoms with Gasteiger partial charge in [0.1, 0.15) is 17.1 Å². The van der Waals surface area contributed by atoms with Crippen molar-refractivity contribution in [3.63, 3.8) is 0 Å². The summed E-state index contributed by atoms with van der Waals surface area (Å²) in [5.41, 5.74) is 0.514. The quantitative estimate of drug-likeness (QED) is 0.256. The molecular weight excluding hydrogens is 284 g/mol. The number of pyridine rings is 1. The molecule has 1 atom stereocenters. The number of ether oxygens (including phenoxy) is 1. The molecule has 0 aliphatic rings. The van der Waals surface area contributed by atoms with Gasteiger partial charge in [-0.05, 0) is 25.0 Å². The van der Waals surface area contributed by atoms with Crippen LogP contribution in [0.1, 0.15) is 12.5 Å². The van der Waals surface area contributed by atoms with E-state index in [9.17, 15) is 14.4 Å². The predicted octanol–water partition coefficient (Wildman–Crippen LogP) is 1.12. The van der Waals surface area contributed by atoms with Crippen LogP contribution in [0.3, 0.4) is 0 Å². The topological polar surface area (TPSA) is 97.1 Å². The molecule has 0 fully saturated rings. The number of hydrogen-bond donors (Lipinski definition) is 0. The zero-order valence-corrected chi connectivity index (χ0v) is 11.4. The van der Waals surface area contributed by atoms with Gasteiger partial charge >= 0.3 is 5.97 Å². The van der Waals surface area contributed by atoms with E-state index in [1.165, 1.54) is 25.3 Å². The largest absolute Gasteiger partial charge is 0.460 e. The van der Waals surface area contributed by atoms with E-state index in [0.717, 1.165) is 0 Å². The Kier molecular flexibility index (Phi) is 5.81. The van der Waals surface area contributed by atoms with E-state index in [4.69, 9.17) is 16.9 Å². The number of aromatic nitrogens is 1. The summed E-state index contributed by atoms with van der Waals surface area (Å²) in [6.07, 6.45) is 1.27. The third-order valence-electron chi connectivity index (χ3n) is 2.45. The lowest BCUT2D eigenvalue weighted by Gasteiger charge is -2.10. The summed E-state index contributed by atoms with van der Waals surface area (Å²) >= 11 is 5.62. The van der Waals surface area contributed by atoms with Gasteiger partial charge in [0.2, 0.25) is 5.78 Å². The fourth-order valence-corrected chi connectivity index (χ4v) is 1.60. The van der Waals surface area contributed by atoms with Gasteiger partial charge in [-0.15, -0.1) is 0 Å². The molecule has 0 spiro atoms. The summed E-state index contributed by atoms with van der Waals surface area (Å²) in [6.45, 7) is 1.55. The summed E-state index contributed by atoms with van der Waals surface area (Å²) in [5.74, 6) is -4.53. The van der Waals surface area contributed by atoms with Crippen LogP contribution in [0.15, 0.2) is 18.3 Å². The first-order valence-electron chi connectivity index (χ1n) is 5.75. The lowest BCUT2D eigenvalue weighted by atomic mass is 9.92. The molecule has 0 unspecified atom stereocenters. The third-order valence-corrected chi connectivity index (χ3v) is 2.67. The maximum absolute atomic E-state index is 11.8. The molecule has 0 saturated carbocycles. The Bertz CT molecular complexity index is 563. The van der Waals surface area contributed by atoms with Gasteiger partial charge in [0.25, 0.3) is 5.78 Å². The molecule has 0 aromatic carbocycles. The lowest BCUT2D eigenvalue weighted by molar-refractivity contribution is -0.156. The van der Waals surface area contributed by atoms with Crippen LogP contribution >= 0.6 is 11.6 Å². The number of rotatable bonds is 6. The van der Waals surface area contributed by atoms with Crippen molar-refractivity contribution in [2.45, 2.75) is 13.3 Å². The molecule has 6 nitrogen and oxygen atoms in total. The Hall–Kier alpha value is -2.26. The van der Waals surface area contributed by atoms with Crippen molar-refractivity contribution in [1.82, 2.24) is 4.98 Å². The Balaban J connectivity index is 2.93. The normalized spacial score (nSPS) is 11.2. The van der Waals surface area contributed by atoms with E-state index in [0.29, 0.717) is 5.56 Å². The molecule has 1 aromatic heterocycles. The van der Waals surface area contributed by atoms with Crippen molar-refractivity contribution in [1.29, 1.82) is 5.26 Å². The Morgan fingerprint density at radius 2 is 2.15 bits per heavy atom. The highest BCUT2D eigenvalue weighted by Gasteiger charge is 2.32. The summed E-state index contributed by atoms with van der Waals surface area (Å²) in [5, 5.41) is 8.91. The van der Waals surface area contributed by atoms with E-state index in [1.54, 1.807) is 6.07 Å². The summed E-state index contributed by atoms with van der Waals surface area (Å²) < 4.78 is 4.55. The molecule has 0 aliphatic heterocycles. The molecule has 1 heterocycles. The highest BCUT2D eigenvalue weighted by molar-refractivity contribution is 6.39. The minimum absolute atomic E-state index is 0.0144. The predicted molar refractivity (Wildman–Crippen MR) is 68.7 cm³/mol. The van der Waals surface area contributed by atoms with Crippen molar-refractivity contribution in [3.05, 3.63) is 29.0 Å². The number of Topliss-reactive ketones (excluding diaryl/α,β-unsaturated/α-hetero) is 2. The summed E-state index contributed by atoms with van der Waals surface area (Å²) in [4.78, 5) is 38.5. The first kappa shape index (κ1) is 15.8. The molecule has 0 radical (unpaired) electrons. The van der Waals surface area contributed by atoms with Crippen LogP contribution in [0.25, 0.3) is 0 Å².